The van der Waals surface area contributed by atoms with Crippen LogP contribution in [0.1, 0.15) is 37.3 Å². The van der Waals surface area contributed by atoms with E-state index in [1.165, 1.54) is 6.20 Å². The smallest absolute Gasteiger partial charge is 0.248 e. The van der Waals surface area contributed by atoms with E-state index in [1.807, 2.05) is 0 Å². The van der Waals surface area contributed by atoms with Gasteiger partial charge in [-0.3, -0.25) is 5.10 Å². The molecule has 78 valence electrons. The van der Waals surface area contributed by atoms with Gasteiger partial charge in [-0.05, 0) is 12.8 Å². The molecule has 1 fully saturated rings. The lowest BCUT2D eigenvalue weighted by atomic mass is 9.84. The molecule has 1 heterocycles. The number of hydrogen-bond acceptors (Lipinski definition) is 2. The number of nitrogen functional groups attached to an aromatic ring is 1. The SMILES string of the molecule is Nc1cn[nH]c1C1CCC(F)(F)CC1. The number of H-pyrrole nitrogens is 1. The predicted molar refractivity (Wildman–Crippen MR) is 49.2 cm³/mol. The molecule has 1 aliphatic rings. The van der Waals surface area contributed by atoms with Gasteiger partial charge < -0.3 is 5.73 Å². The maximum absolute atomic E-state index is 12.9. The van der Waals surface area contributed by atoms with Crippen molar-refractivity contribution in [1.82, 2.24) is 10.2 Å². The molecule has 0 aromatic carbocycles. The Kier molecular flexibility index (Phi) is 2.17. The van der Waals surface area contributed by atoms with Gasteiger partial charge in [0.1, 0.15) is 0 Å². The Bertz CT molecular complexity index is 312. The van der Waals surface area contributed by atoms with Gasteiger partial charge in [0, 0.05) is 18.8 Å². The van der Waals surface area contributed by atoms with E-state index in [9.17, 15) is 8.78 Å². The van der Waals surface area contributed by atoms with Crippen molar-refractivity contribution in [2.45, 2.75) is 37.5 Å². The third-order valence-electron chi connectivity index (χ3n) is 2.83. The minimum absolute atomic E-state index is 0.0455. The third kappa shape index (κ3) is 1.71. The molecule has 14 heavy (non-hydrogen) atoms. The predicted octanol–water partition coefficient (Wildman–Crippen LogP) is 2.28. The average Bonchev–Trinajstić information content (AvgIpc) is 2.52. The molecule has 3 N–H and O–H groups in total. The van der Waals surface area contributed by atoms with Gasteiger partial charge in [0.05, 0.1) is 17.6 Å². The summed E-state index contributed by atoms with van der Waals surface area (Å²) in [6.07, 6.45) is 2.41. The molecule has 0 amide bonds. The fourth-order valence-electron chi connectivity index (χ4n) is 1.96. The number of nitrogens with two attached hydrogens (primary N) is 1. The van der Waals surface area contributed by atoms with Crippen LogP contribution in [0.4, 0.5) is 14.5 Å². The topological polar surface area (TPSA) is 54.7 Å². The molecular formula is C9H13F2N3. The van der Waals surface area contributed by atoms with Gasteiger partial charge in [0.15, 0.2) is 0 Å². The number of alkyl halides is 2. The lowest BCUT2D eigenvalue weighted by Gasteiger charge is -2.27. The summed E-state index contributed by atoms with van der Waals surface area (Å²) in [5, 5.41) is 6.58. The highest BCUT2D eigenvalue weighted by molar-refractivity contribution is 5.42. The van der Waals surface area contributed by atoms with E-state index in [4.69, 9.17) is 5.73 Å². The van der Waals surface area contributed by atoms with Crippen molar-refractivity contribution in [3.05, 3.63) is 11.9 Å². The number of hydrogen-bond donors (Lipinski definition) is 2. The van der Waals surface area contributed by atoms with Crippen molar-refractivity contribution >= 4 is 5.69 Å². The molecule has 0 atom stereocenters. The largest absolute Gasteiger partial charge is 0.396 e. The van der Waals surface area contributed by atoms with Gasteiger partial charge >= 0.3 is 0 Å². The maximum Gasteiger partial charge on any atom is 0.248 e. The van der Waals surface area contributed by atoms with Crippen molar-refractivity contribution in [2.24, 2.45) is 0 Å². The van der Waals surface area contributed by atoms with Crippen LogP contribution in [-0.4, -0.2) is 16.1 Å². The molecular weight excluding hydrogens is 188 g/mol. The van der Waals surface area contributed by atoms with Crippen molar-refractivity contribution in [3.8, 4) is 0 Å². The Balaban J connectivity index is 2.06. The lowest BCUT2D eigenvalue weighted by Crippen LogP contribution is -2.24. The summed E-state index contributed by atoms with van der Waals surface area (Å²) in [5.41, 5.74) is 7.06. The fraction of sp³-hybridized carbons (Fsp3) is 0.667. The zero-order chi connectivity index (χ0) is 10.2. The molecule has 1 aliphatic carbocycles. The molecule has 5 heteroatoms. The summed E-state index contributed by atoms with van der Waals surface area (Å²) >= 11 is 0. The van der Waals surface area contributed by atoms with Gasteiger partial charge in [-0.15, -0.1) is 0 Å². The molecule has 0 bridgehead atoms. The first kappa shape index (κ1) is 9.43. The molecule has 0 unspecified atom stereocenters. The summed E-state index contributed by atoms with van der Waals surface area (Å²) in [6.45, 7) is 0. The van der Waals surface area contributed by atoms with Gasteiger partial charge in [-0.1, -0.05) is 0 Å². The monoisotopic (exact) mass is 201 g/mol. The molecule has 3 nitrogen and oxygen atoms in total. The van der Waals surface area contributed by atoms with Gasteiger partial charge in [0.25, 0.3) is 0 Å². The number of rotatable bonds is 1. The Labute approximate surface area is 80.7 Å². The number of halogens is 2. The van der Waals surface area contributed by atoms with Crippen LogP contribution in [-0.2, 0) is 0 Å². The molecule has 1 saturated carbocycles. The van der Waals surface area contributed by atoms with Crippen molar-refractivity contribution in [1.29, 1.82) is 0 Å². The van der Waals surface area contributed by atoms with Gasteiger partial charge in [0.2, 0.25) is 5.92 Å². The van der Waals surface area contributed by atoms with Crippen LogP contribution in [0.25, 0.3) is 0 Å². The normalized spacial score (nSPS) is 22.4. The average molecular weight is 201 g/mol. The highest BCUT2D eigenvalue weighted by Crippen LogP contribution is 2.41. The first-order chi connectivity index (χ1) is 6.58. The van der Waals surface area contributed by atoms with Gasteiger partial charge in [-0.25, -0.2) is 8.78 Å². The van der Waals surface area contributed by atoms with Crippen LogP contribution in [0.3, 0.4) is 0 Å². The van der Waals surface area contributed by atoms with Crippen LogP contribution >= 0.6 is 0 Å². The minimum atomic E-state index is -2.48. The second-order valence-corrected chi connectivity index (χ2v) is 3.87. The summed E-state index contributed by atoms with van der Waals surface area (Å²) in [5.74, 6) is -2.36. The fourth-order valence-corrected chi connectivity index (χ4v) is 1.96. The minimum Gasteiger partial charge on any atom is -0.396 e. The lowest BCUT2D eigenvalue weighted by molar-refractivity contribution is -0.0384. The van der Waals surface area contributed by atoms with Crippen molar-refractivity contribution in [3.63, 3.8) is 0 Å². The molecule has 0 aliphatic heterocycles. The molecule has 0 spiro atoms. The Morgan fingerprint density at radius 2 is 2.07 bits per heavy atom. The van der Waals surface area contributed by atoms with E-state index in [2.05, 4.69) is 10.2 Å². The summed E-state index contributed by atoms with van der Waals surface area (Å²) < 4.78 is 25.7. The summed E-state index contributed by atoms with van der Waals surface area (Å²) in [4.78, 5) is 0. The van der Waals surface area contributed by atoms with Gasteiger partial charge in [-0.2, -0.15) is 5.10 Å². The first-order valence-corrected chi connectivity index (χ1v) is 4.75. The van der Waals surface area contributed by atoms with Crippen molar-refractivity contribution in [2.75, 3.05) is 5.73 Å². The molecule has 2 rings (SSSR count). The highest BCUT2D eigenvalue weighted by Gasteiger charge is 2.36. The first-order valence-electron chi connectivity index (χ1n) is 4.75. The Hall–Kier alpha value is -1.13. The van der Waals surface area contributed by atoms with E-state index >= 15 is 0 Å². The van der Waals surface area contributed by atoms with Crippen LogP contribution < -0.4 is 5.73 Å². The zero-order valence-electron chi connectivity index (χ0n) is 7.76. The molecule has 1 aromatic rings. The van der Waals surface area contributed by atoms with E-state index in [0.29, 0.717) is 18.5 Å². The van der Waals surface area contributed by atoms with E-state index in [-0.39, 0.29) is 18.8 Å². The summed E-state index contributed by atoms with van der Waals surface area (Å²) in [7, 11) is 0. The standard InChI is InChI=1S/C9H13F2N3/c10-9(11)3-1-6(2-4-9)8-7(12)5-13-14-8/h5-6H,1-4,12H2,(H,13,14). The second kappa shape index (κ2) is 3.22. The number of nitrogens with one attached hydrogen (secondary N) is 1. The number of anilines is 1. The van der Waals surface area contributed by atoms with Crippen LogP contribution in [0.2, 0.25) is 0 Å². The van der Waals surface area contributed by atoms with Crippen LogP contribution in [0.15, 0.2) is 6.20 Å². The quantitative estimate of drug-likeness (QED) is 0.732. The van der Waals surface area contributed by atoms with Crippen LogP contribution in [0, 0.1) is 0 Å². The number of nitrogens with zero attached hydrogens (tertiary/aromatic N) is 1. The Morgan fingerprint density at radius 1 is 1.43 bits per heavy atom. The molecule has 1 aromatic heterocycles. The maximum atomic E-state index is 12.9. The zero-order valence-corrected chi connectivity index (χ0v) is 7.76. The highest BCUT2D eigenvalue weighted by atomic mass is 19.3. The number of aromatic nitrogens is 2. The molecule has 0 radical (unpaired) electrons. The second-order valence-electron chi connectivity index (χ2n) is 3.87. The number of aromatic amines is 1. The van der Waals surface area contributed by atoms with E-state index < -0.39 is 5.92 Å². The Morgan fingerprint density at radius 3 is 2.57 bits per heavy atom. The van der Waals surface area contributed by atoms with Crippen molar-refractivity contribution < 1.29 is 8.78 Å². The molecule has 0 saturated heterocycles. The summed E-state index contributed by atoms with van der Waals surface area (Å²) in [6, 6.07) is 0. The third-order valence-corrected chi connectivity index (χ3v) is 2.83. The van der Waals surface area contributed by atoms with Crippen LogP contribution in [0.5, 0.6) is 0 Å². The van der Waals surface area contributed by atoms with E-state index in [0.717, 1.165) is 5.69 Å². The van der Waals surface area contributed by atoms with E-state index in [1.54, 1.807) is 0 Å².